The van der Waals surface area contributed by atoms with Gasteiger partial charge in [0.1, 0.15) is 5.75 Å². The van der Waals surface area contributed by atoms with E-state index in [0.717, 1.165) is 25.1 Å². The van der Waals surface area contributed by atoms with Gasteiger partial charge in [0.25, 0.3) is 0 Å². The Morgan fingerprint density at radius 3 is 2.37 bits per heavy atom. The first-order chi connectivity index (χ1) is 8.67. The molecule has 1 aromatic rings. The zero-order chi connectivity index (χ0) is 13.4. The summed E-state index contributed by atoms with van der Waals surface area (Å²) in [6, 6.07) is 8.21. The van der Waals surface area contributed by atoms with Crippen LogP contribution in [0.5, 0.6) is 5.75 Å². The molecule has 0 saturated carbocycles. The molecule has 0 fully saturated rings. The molecule has 108 valence electrons. The Morgan fingerprint density at radius 1 is 1.26 bits per heavy atom. The van der Waals surface area contributed by atoms with Crippen LogP contribution in [-0.4, -0.2) is 38.5 Å². The summed E-state index contributed by atoms with van der Waals surface area (Å²) in [6.45, 7) is 1.04. The summed E-state index contributed by atoms with van der Waals surface area (Å²) < 4.78 is 5.18. The molecule has 0 atom stereocenters. The molecule has 0 aromatic heterocycles. The lowest BCUT2D eigenvalue weighted by atomic mass is 10.0. The molecule has 0 amide bonds. The number of hydrogen-bond acceptors (Lipinski definition) is 2. The molecule has 1 aromatic carbocycles. The first-order valence-electron chi connectivity index (χ1n) is 6.21. The van der Waals surface area contributed by atoms with Crippen LogP contribution in [0.15, 0.2) is 30.3 Å². The van der Waals surface area contributed by atoms with Gasteiger partial charge in [-0.05, 0) is 50.2 Å². The van der Waals surface area contributed by atoms with Crippen LogP contribution in [0.25, 0.3) is 5.57 Å². The van der Waals surface area contributed by atoms with Crippen molar-refractivity contribution in [3.8, 4) is 5.75 Å². The van der Waals surface area contributed by atoms with E-state index in [1.807, 2.05) is 12.1 Å². The van der Waals surface area contributed by atoms with Gasteiger partial charge in [-0.2, -0.15) is 0 Å². The molecule has 0 N–H and O–H groups in total. The van der Waals surface area contributed by atoms with Crippen LogP contribution in [0.2, 0.25) is 0 Å². The monoisotopic (exact) mass is 303 g/mol. The third-order valence-electron chi connectivity index (χ3n) is 2.79. The molecule has 0 spiro atoms. The highest BCUT2D eigenvalue weighted by Gasteiger charge is 2.03. The number of nitrogens with zero attached hydrogens (tertiary/aromatic N) is 1. The minimum Gasteiger partial charge on any atom is -0.497 e. The van der Waals surface area contributed by atoms with Gasteiger partial charge >= 0.3 is 0 Å². The van der Waals surface area contributed by atoms with Crippen molar-refractivity contribution in [1.82, 2.24) is 4.90 Å². The summed E-state index contributed by atoms with van der Waals surface area (Å²) in [5, 5.41) is 0. The highest BCUT2D eigenvalue weighted by molar-refractivity contribution is 6.17. The summed E-state index contributed by atoms with van der Waals surface area (Å²) in [4.78, 5) is 2.19. The second-order valence-electron chi connectivity index (χ2n) is 4.49. The lowest BCUT2D eigenvalue weighted by molar-refractivity contribution is 0.414. The number of ether oxygens (including phenoxy) is 1. The molecule has 0 heterocycles. The van der Waals surface area contributed by atoms with Gasteiger partial charge in [-0.25, -0.2) is 0 Å². The molecule has 2 nitrogen and oxygen atoms in total. The van der Waals surface area contributed by atoms with Crippen molar-refractivity contribution in [2.45, 2.75) is 12.8 Å². The highest BCUT2D eigenvalue weighted by Crippen LogP contribution is 2.22. The van der Waals surface area contributed by atoms with Crippen LogP contribution in [0.4, 0.5) is 0 Å². The van der Waals surface area contributed by atoms with Crippen molar-refractivity contribution in [3.63, 3.8) is 0 Å². The molecule has 0 radical (unpaired) electrons. The highest BCUT2D eigenvalue weighted by atomic mass is 35.5. The van der Waals surface area contributed by atoms with E-state index in [9.17, 15) is 0 Å². The second kappa shape index (κ2) is 10.1. The van der Waals surface area contributed by atoms with E-state index in [1.165, 1.54) is 11.1 Å². The van der Waals surface area contributed by atoms with E-state index in [-0.39, 0.29) is 12.4 Å². The number of alkyl halides is 1. The lowest BCUT2D eigenvalue weighted by Crippen LogP contribution is -2.13. The van der Waals surface area contributed by atoms with Crippen molar-refractivity contribution in [3.05, 3.63) is 35.9 Å². The molecule has 0 bridgehead atoms. The van der Waals surface area contributed by atoms with E-state index < -0.39 is 0 Å². The van der Waals surface area contributed by atoms with Crippen LogP contribution in [0.1, 0.15) is 18.4 Å². The Kier molecular flexibility index (Phi) is 9.76. The molecule has 0 aliphatic rings. The van der Waals surface area contributed by atoms with Crippen molar-refractivity contribution in [2.24, 2.45) is 0 Å². The molecule has 0 unspecified atom stereocenters. The SMILES string of the molecule is COc1ccc(C(=CCCCl)CCN(C)C)cc1.Cl. The number of benzene rings is 1. The summed E-state index contributed by atoms with van der Waals surface area (Å²) in [5.74, 6) is 1.56. The fourth-order valence-corrected chi connectivity index (χ4v) is 1.85. The predicted octanol–water partition coefficient (Wildman–Crippen LogP) is 4.08. The van der Waals surface area contributed by atoms with Crippen molar-refractivity contribution in [2.75, 3.05) is 33.6 Å². The van der Waals surface area contributed by atoms with Gasteiger partial charge in [0.05, 0.1) is 7.11 Å². The Balaban J connectivity index is 0.00000324. The van der Waals surface area contributed by atoms with E-state index in [4.69, 9.17) is 16.3 Å². The smallest absolute Gasteiger partial charge is 0.118 e. The van der Waals surface area contributed by atoms with E-state index >= 15 is 0 Å². The van der Waals surface area contributed by atoms with Crippen LogP contribution < -0.4 is 4.74 Å². The maximum absolute atomic E-state index is 5.77. The standard InChI is InChI=1S/C15H22ClNO.ClH/c1-17(2)12-10-13(5-4-11-16)14-6-8-15(18-3)9-7-14;/h5-9H,4,10-12H2,1-3H3;1H. The normalized spacial score (nSPS) is 11.3. The van der Waals surface area contributed by atoms with Gasteiger partial charge in [0, 0.05) is 12.4 Å². The third-order valence-corrected chi connectivity index (χ3v) is 3.01. The van der Waals surface area contributed by atoms with E-state index in [2.05, 4.69) is 37.2 Å². The lowest BCUT2D eigenvalue weighted by Gasteiger charge is -2.13. The Hall–Kier alpha value is -0.700. The maximum atomic E-state index is 5.77. The Labute approximate surface area is 127 Å². The number of methoxy groups -OCH3 is 1. The van der Waals surface area contributed by atoms with Crippen LogP contribution in [0, 0.1) is 0 Å². The van der Waals surface area contributed by atoms with Crippen molar-refractivity contribution >= 4 is 29.6 Å². The van der Waals surface area contributed by atoms with Gasteiger partial charge in [0.2, 0.25) is 0 Å². The fraction of sp³-hybridized carbons (Fsp3) is 0.467. The number of halogens is 2. The minimum atomic E-state index is 0. The average molecular weight is 304 g/mol. The summed E-state index contributed by atoms with van der Waals surface area (Å²) in [6.07, 6.45) is 4.19. The number of allylic oxidation sites excluding steroid dienone is 1. The van der Waals surface area contributed by atoms with E-state index in [0.29, 0.717) is 5.88 Å². The minimum absolute atomic E-state index is 0. The number of hydrogen-bond donors (Lipinski definition) is 0. The van der Waals surface area contributed by atoms with Gasteiger partial charge in [-0.3, -0.25) is 0 Å². The largest absolute Gasteiger partial charge is 0.497 e. The summed E-state index contributed by atoms with van der Waals surface area (Å²) in [5.41, 5.74) is 2.61. The quantitative estimate of drug-likeness (QED) is 0.704. The Morgan fingerprint density at radius 2 is 1.89 bits per heavy atom. The second-order valence-corrected chi connectivity index (χ2v) is 4.87. The van der Waals surface area contributed by atoms with Gasteiger partial charge < -0.3 is 9.64 Å². The maximum Gasteiger partial charge on any atom is 0.118 e. The number of rotatable bonds is 7. The first-order valence-corrected chi connectivity index (χ1v) is 6.75. The molecule has 0 saturated heterocycles. The van der Waals surface area contributed by atoms with Crippen LogP contribution in [-0.2, 0) is 0 Å². The van der Waals surface area contributed by atoms with Gasteiger partial charge in [0.15, 0.2) is 0 Å². The zero-order valence-electron chi connectivity index (χ0n) is 11.9. The first kappa shape index (κ1) is 18.3. The molecule has 0 aliphatic carbocycles. The topological polar surface area (TPSA) is 12.5 Å². The Bertz CT molecular complexity index is 374. The van der Waals surface area contributed by atoms with Gasteiger partial charge in [-0.1, -0.05) is 18.2 Å². The fourth-order valence-electron chi connectivity index (χ4n) is 1.74. The summed E-state index contributed by atoms with van der Waals surface area (Å²) >= 11 is 5.77. The van der Waals surface area contributed by atoms with E-state index in [1.54, 1.807) is 7.11 Å². The molecular weight excluding hydrogens is 281 g/mol. The van der Waals surface area contributed by atoms with Crippen LogP contribution >= 0.6 is 24.0 Å². The average Bonchev–Trinajstić information content (AvgIpc) is 2.39. The molecule has 4 heteroatoms. The van der Waals surface area contributed by atoms with Crippen molar-refractivity contribution < 1.29 is 4.74 Å². The molecule has 19 heavy (non-hydrogen) atoms. The zero-order valence-corrected chi connectivity index (χ0v) is 13.4. The third kappa shape index (κ3) is 6.86. The molecular formula is C15H23Cl2NO. The van der Waals surface area contributed by atoms with Crippen LogP contribution in [0.3, 0.4) is 0 Å². The van der Waals surface area contributed by atoms with Gasteiger partial charge in [-0.15, -0.1) is 24.0 Å². The predicted molar refractivity (Wildman–Crippen MR) is 86.7 cm³/mol. The summed E-state index contributed by atoms with van der Waals surface area (Å²) in [7, 11) is 5.87. The molecule has 0 aliphatic heterocycles. The molecule has 1 rings (SSSR count). The van der Waals surface area contributed by atoms with Crippen molar-refractivity contribution in [1.29, 1.82) is 0 Å².